The lowest BCUT2D eigenvalue weighted by Crippen LogP contribution is -2.08. The van der Waals surface area contributed by atoms with Crippen LogP contribution in [0.1, 0.15) is 11.4 Å². The fourth-order valence-corrected chi connectivity index (χ4v) is 2.72. The second-order valence-corrected chi connectivity index (χ2v) is 5.35. The summed E-state index contributed by atoms with van der Waals surface area (Å²) in [7, 11) is 1.88. The van der Waals surface area contributed by atoms with Crippen LogP contribution in [-0.4, -0.2) is 21.3 Å². The van der Waals surface area contributed by atoms with Crippen molar-refractivity contribution in [3.63, 3.8) is 0 Å². The molecule has 0 atom stereocenters. The Hall–Kier alpha value is -1.11. The van der Waals surface area contributed by atoms with Crippen molar-refractivity contribution in [3.05, 3.63) is 40.4 Å². The Balaban J connectivity index is 2.08. The SMILES string of the molecule is Cn1c(CCN)nnc1SCc1cccc(Cl)c1F. The van der Waals surface area contributed by atoms with Crippen molar-refractivity contribution in [1.82, 2.24) is 14.8 Å². The maximum Gasteiger partial charge on any atom is 0.191 e. The highest BCUT2D eigenvalue weighted by Gasteiger charge is 2.11. The van der Waals surface area contributed by atoms with E-state index in [2.05, 4.69) is 10.2 Å². The van der Waals surface area contributed by atoms with Crippen LogP contribution in [0.25, 0.3) is 0 Å². The van der Waals surface area contributed by atoms with Gasteiger partial charge in [0, 0.05) is 19.2 Å². The summed E-state index contributed by atoms with van der Waals surface area (Å²) in [6, 6.07) is 4.98. The van der Waals surface area contributed by atoms with E-state index in [1.807, 2.05) is 11.6 Å². The van der Waals surface area contributed by atoms with Gasteiger partial charge in [0.05, 0.1) is 5.02 Å². The Bertz CT molecular complexity index is 573. The number of nitrogens with two attached hydrogens (primary N) is 1. The minimum Gasteiger partial charge on any atom is -0.330 e. The van der Waals surface area contributed by atoms with Gasteiger partial charge in [-0.3, -0.25) is 0 Å². The van der Waals surface area contributed by atoms with Crippen molar-refractivity contribution in [2.24, 2.45) is 12.8 Å². The molecule has 19 heavy (non-hydrogen) atoms. The van der Waals surface area contributed by atoms with E-state index in [1.54, 1.807) is 12.1 Å². The molecule has 7 heteroatoms. The predicted molar refractivity (Wildman–Crippen MR) is 74.7 cm³/mol. The third kappa shape index (κ3) is 3.26. The molecule has 1 heterocycles. The van der Waals surface area contributed by atoms with Gasteiger partial charge in [-0.15, -0.1) is 10.2 Å². The van der Waals surface area contributed by atoms with Gasteiger partial charge in [0.1, 0.15) is 11.6 Å². The molecule has 4 nitrogen and oxygen atoms in total. The summed E-state index contributed by atoms with van der Waals surface area (Å²) in [4.78, 5) is 0. The van der Waals surface area contributed by atoms with Gasteiger partial charge in [0.15, 0.2) is 5.16 Å². The molecule has 1 aromatic heterocycles. The molecule has 0 bridgehead atoms. The Labute approximate surface area is 120 Å². The molecule has 0 saturated heterocycles. The zero-order valence-electron chi connectivity index (χ0n) is 10.4. The summed E-state index contributed by atoms with van der Waals surface area (Å²) in [5.74, 6) is 0.915. The van der Waals surface area contributed by atoms with E-state index in [1.165, 1.54) is 17.8 Å². The summed E-state index contributed by atoms with van der Waals surface area (Å²) in [6.07, 6.45) is 0.676. The fourth-order valence-electron chi connectivity index (χ4n) is 1.62. The highest BCUT2D eigenvalue weighted by molar-refractivity contribution is 7.98. The minimum absolute atomic E-state index is 0.139. The van der Waals surface area contributed by atoms with Crippen LogP contribution in [0, 0.1) is 5.82 Å². The molecule has 0 aliphatic rings. The van der Waals surface area contributed by atoms with Crippen LogP contribution < -0.4 is 5.73 Å². The molecular formula is C12H14ClFN4S. The quantitative estimate of drug-likeness (QED) is 0.862. The Morgan fingerprint density at radius 1 is 1.42 bits per heavy atom. The summed E-state index contributed by atoms with van der Waals surface area (Å²) in [5, 5.41) is 8.99. The van der Waals surface area contributed by atoms with Crippen LogP contribution in [0.15, 0.2) is 23.4 Å². The van der Waals surface area contributed by atoms with Gasteiger partial charge in [0.2, 0.25) is 0 Å². The molecule has 0 radical (unpaired) electrons. The first kappa shape index (κ1) is 14.3. The predicted octanol–water partition coefficient (Wildman–Crippen LogP) is 2.40. The van der Waals surface area contributed by atoms with E-state index < -0.39 is 0 Å². The topological polar surface area (TPSA) is 56.7 Å². The lowest BCUT2D eigenvalue weighted by atomic mass is 10.2. The third-order valence-electron chi connectivity index (χ3n) is 2.68. The van der Waals surface area contributed by atoms with Gasteiger partial charge < -0.3 is 10.3 Å². The number of rotatable bonds is 5. The summed E-state index contributed by atoms with van der Waals surface area (Å²) < 4.78 is 15.6. The zero-order valence-corrected chi connectivity index (χ0v) is 12.0. The average Bonchev–Trinajstić information content (AvgIpc) is 2.74. The number of benzene rings is 1. The van der Waals surface area contributed by atoms with Crippen LogP contribution in [0.4, 0.5) is 4.39 Å². The highest BCUT2D eigenvalue weighted by Crippen LogP contribution is 2.25. The first-order valence-corrected chi connectivity index (χ1v) is 7.14. The number of hydrogen-bond acceptors (Lipinski definition) is 4. The fraction of sp³-hybridized carbons (Fsp3) is 0.333. The Morgan fingerprint density at radius 2 is 2.21 bits per heavy atom. The summed E-state index contributed by atoms with van der Waals surface area (Å²) >= 11 is 7.16. The highest BCUT2D eigenvalue weighted by atomic mass is 35.5. The van der Waals surface area contributed by atoms with E-state index in [9.17, 15) is 4.39 Å². The Morgan fingerprint density at radius 3 is 2.95 bits per heavy atom. The van der Waals surface area contributed by atoms with Crippen LogP contribution in [0.2, 0.25) is 5.02 Å². The minimum atomic E-state index is -0.374. The van der Waals surface area contributed by atoms with E-state index >= 15 is 0 Å². The molecule has 0 saturated carbocycles. The van der Waals surface area contributed by atoms with Crippen LogP contribution in [-0.2, 0) is 19.2 Å². The molecule has 0 aliphatic heterocycles. The second-order valence-electron chi connectivity index (χ2n) is 4.00. The van der Waals surface area contributed by atoms with Gasteiger partial charge in [-0.05, 0) is 18.2 Å². The van der Waals surface area contributed by atoms with Gasteiger partial charge in [-0.25, -0.2) is 4.39 Å². The number of thioether (sulfide) groups is 1. The molecule has 2 N–H and O–H groups in total. The first-order chi connectivity index (χ1) is 9.13. The first-order valence-electron chi connectivity index (χ1n) is 5.77. The molecule has 0 amide bonds. The molecule has 1 aromatic carbocycles. The van der Waals surface area contributed by atoms with Gasteiger partial charge in [-0.2, -0.15) is 0 Å². The van der Waals surface area contributed by atoms with Crippen LogP contribution >= 0.6 is 23.4 Å². The van der Waals surface area contributed by atoms with Crippen molar-refractivity contribution in [2.45, 2.75) is 17.3 Å². The van der Waals surface area contributed by atoms with Gasteiger partial charge in [-0.1, -0.05) is 35.5 Å². The van der Waals surface area contributed by atoms with Crippen molar-refractivity contribution in [1.29, 1.82) is 0 Å². The molecule has 0 fully saturated rings. The molecule has 2 aromatic rings. The molecule has 102 valence electrons. The lowest BCUT2D eigenvalue weighted by molar-refractivity contribution is 0.617. The molecule has 0 unspecified atom stereocenters. The maximum absolute atomic E-state index is 13.7. The van der Waals surface area contributed by atoms with Crippen LogP contribution in [0.5, 0.6) is 0 Å². The smallest absolute Gasteiger partial charge is 0.191 e. The normalized spacial score (nSPS) is 10.9. The summed E-state index contributed by atoms with van der Waals surface area (Å²) in [5.41, 5.74) is 6.04. The molecular weight excluding hydrogens is 287 g/mol. The zero-order chi connectivity index (χ0) is 13.8. The Kier molecular flexibility index (Phi) is 4.79. The van der Waals surface area contributed by atoms with Crippen molar-refractivity contribution < 1.29 is 4.39 Å². The number of aromatic nitrogens is 3. The van der Waals surface area contributed by atoms with Gasteiger partial charge in [0.25, 0.3) is 0 Å². The number of halogens is 2. The number of hydrogen-bond donors (Lipinski definition) is 1. The van der Waals surface area contributed by atoms with E-state index in [-0.39, 0.29) is 10.8 Å². The average molecular weight is 301 g/mol. The standard InChI is InChI=1S/C12H14ClFN4S/c1-18-10(5-6-15)16-17-12(18)19-7-8-3-2-4-9(13)11(8)14/h2-4H,5-7,15H2,1H3. The van der Waals surface area contributed by atoms with Crippen molar-refractivity contribution in [2.75, 3.05) is 6.54 Å². The number of nitrogens with zero attached hydrogens (tertiary/aromatic N) is 3. The molecule has 2 rings (SSSR count). The molecule has 0 spiro atoms. The third-order valence-corrected chi connectivity index (χ3v) is 4.04. The van der Waals surface area contributed by atoms with Crippen LogP contribution in [0.3, 0.4) is 0 Å². The lowest BCUT2D eigenvalue weighted by Gasteiger charge is -2.05. The van der Waals surface area contributed by atoms with Crippen molar-refractivity contribution >= 4 is 23.4 Å². The maximum atomic E-state index is 13.7. The second kappa shape index (κ2) is 6.36. The largest absolute Gasteiger partial charge is 0.330 e. The summed E-state index contributed by atoms with van der Waals surface area (Å²) in [6.45, 7) is 0.527. The monoisotopic (exact) mass is 300 g/mol. The van der Waals surface area contributed by atoms with E-state index in [0.29, 0.717) is 24.3 Å². The van der Waals surface area contributed by atoms with Gasteiger partial charge >= 0.3 is 0 Å². The van der Waals surface area contributed by atoms with Crippen molar-refractivity contribution in [3.8, 4) is 0 Å². The van der Waals surface area contributed by atoms with E-state index in [0.717, 1.165) is 11.0 Å². The van der Waals surface area contributed by atoms with E-state index in [4.69, 9.17) is 17.3 Å². The molecule has 0 aliphatic carbocycles.